The Labute approximate surface area is 126 Å². The van der Waals surface area contributed by atoms with Crippen LogP contribution in [-0.2, 0) is 26.1 Å². The molecule has 0 bridgehead atoms. The molecule has 2 rings (SSSR count). The zero-order valence-electron chi connectivity index (χ0n) is 13.3. The van der Waals surface area contributed by atoms with Crippen molar-refractivity contribution >= 4 is 0 Å². The SMILES string of the molecule is CCc1cc(COc2ccc(C)nc2CNC)n(CC)n1. The fourth-order valence-corrected chi connectivity index (χ4v) is 2.25. The van der Waals surface area contributed by atoms with Crippen LogP contribution in [0.3, 0.4) is 0 Å². The molecule has 0 radical (unpaired) electrons. The van der Waals surface area contributed by atoms with Crippen molar-refractivity contribution in [2.45, 2.75) is 46.9 Å². The summed E-state index contributed by atoms with van der Waals surface area (Å²) in [5, 5.41) is 7.67. The summed E-state index contributed by atoms with van der Waals surface area (Å²) in [5.41, 5.74) is 4.15. The van der Waals surface area contributed by atoms with E-state index in [1.54, 1.807) is 0 Å². The van der Waals surface area contributed by atoms with Gasteiger partial charge in [0.2, 0.25) is 0 Å². The highest BCUT2D eigenvalue weighted by atomic mass is 16.5. The molecular weight excluding hydrogens is 264 g/mol. The van der Waals surface area contributed by atoms with Crippen molar-refractivity contribution in [1.29, 1.82) is 0 Å². The number of pyridine rings is 1. The highest BCUT2D eigenvalue weighted by molar-refractivity contribution is 5.29. The molecule has 0 aliphatic carbocycles. The third kappa shape index (κ3) is 3.82. The van der Waals surface area contributed by atoms with E-state index in [9.17, 15) is 0 Å². The normalized spacial score (nSPS) is 10.9. The maximum Gasteiger partial charge on any atom is 0.142 e. The average Bonchev–Trinajstić information content (AvgIpc) is 2.89. The molecule has 0 unspecified atom stereocenters. The second kappa shape index (κ2) is 7.22. The van der Waals surface area contributed by atoms with Gasteiger partial charge in [-0.25, -0.2) is 0 Å². The van der Waals surface area contributed by atoms with Gasteiger partial charge in [0.05, 0.1) is 17.1 Å². The van der Waals surface area contributed by atoms with Crippen molar-refractivity contribution in [1.82, 2.24) is 20.1 Å². The molecule has 5 nitrogen and oxygen atoms in total. The topological polar surface area (TPSA) is 52.0 Å². The Morgan fingerprint density at radius 1 is 1.29 bits per heavy atom. The van der Waals surface area contributed by atoms with Gasteiger partial charge in [0, 0.05) is 18.8 Å². The van der Waals surface area contributed by atoms with Crippen LogP contribution in [-0.4, -0.2) is 21.8 Å². The van der Waals surface area contributed by atoms with Gasteiger partial charge in [0.1, 0.15) is 12.4 Å². The van der Waals surface area contributed by atoms with E-state index >= 15 is 0 Å². The molecule has 2 heterocycles. The van der Waals surface area contributed by atoms with Gasteiger partial charge in [-0.2, -0.15) is 5.10 Å². The van der Waals surface area contributed by atoms with E-state index in [-0.39, 0.29) is 0 Å². The zero-order valence-corrected chi connectivity index (χ0v) is 13.3. The number of rotatable bonds is 7. The van der Waals surface area contributed by atoms with Gasteiger partial charge in [-0.1, -0.05) is 6.92 Å². The Morgan fingerprint density at radius 3 is 2.76 bits per heavy atom. The van der Waals surface area contributed by atoms with Gasteiger partial charge in [0.15, 0.2) is 0 Å². The summed E-state index contributed by atoms with van der Waals surface area (Å²) in [6.45, 7) is 8.26. The predicted octanol–water partition coefficient (Wildman–Crippen LogP) is 2.47. The molecule has 0 saturated carbocycles. The Balaban J connectivity index is 2.14. The van der Waals surface area contributed by atoms with E-state index in [0.29, 0.717) is 13.2 Å². The van der Waals surface area contributed by atoms with Crippen LogP contribution in [0.25, 0.3) is 0 Å². The van der Waals surface area contributed by atoms with Gasteiger partial charge >= 0.3 is 0 Å². The molecule has 5 heteroatoms. The minimum Gasteiger partial charge on any atom is -0.485 e. The quantitative estimate of drug-likeness (QED) is 0.850. The maximum absolute atomic E-state index is 5.97. The van der Waals surface area contributed by atoms with E-state index < -0.39 is 0 Å². The zero-order chi connectivity index (χ0) is 15.2. The van der Waals surface area contributed by atoms with Crippen LogP contribution in [0.2, 0.25) is 0 Å². The van der Waals surface area contributed by atoms with E-state index in [1.165, 1.54) is 0 Å². The first-order valence-corrected chi connectivity index (χ1v) is 7.47. The van der Waals surface area contributed by atoms with Crippen LogP contribution < -0.4 is 10.1 Å². The van der Waals surface area contributed by atoms with Gasteiger partial charge in [-0.15, -0.1) is 0 Å². The highest BCUT2D eigenvalue weighted by Crippen LogP contribution is 2.19. The molecule has 21 heavy (non-hydrogen) atoms. The summed E-state index contributed by atoms with van der Waals surface area (Å²) in [5.74, 6) is 0.830. The summed E-state index contributed by atoms with van der Waals surface area (Å²) in [6, 6.07) is 6.08. The first kappa shape index (κ1) is 15.5. The maximum atomic E-state index is 5.97. The van der Waals surface area contributed by atoms with E-state index in [4.69, 9.17) is 4.74 Å². The van der Waals surface area contributed by atoms with Crippen LogP contribution >= 0.6 is 0 Å². The van der Waals surface area contributed by atoms with Crippen LogP contribution in [0.5, 0.6) is 5.75 Å². The van der Waals surface area contributed by atoms with E-state index in [0.717, 1.165) is 41.5 Å². The standard InChI is InChI=1S/C16H24N4O/c1-5-13-9-14(20(6-2)19-13)11-21-16-8-7-12(3)18-15(16)10-17-4/h7-9,17H,5-6,10-11H2,1-4H3. The average molecular weight is 288 g/mol. The fourth-order valence-electron chi connectivity index (χ4n) is 2.25. The molecule has 114 valence electrons. The summed E-state index contributed by atoms with van der Waals surface area (Å²) >= 11 is 0. The lowest BCUT2D eigenvalue weighted by Gasteiger charge is -2.12. The number of nitrogens with one attached hydrogen (secondary N) is 1. The van der Waals surface area contributed by atoms with Gasteiger partial charge in [-0.05, 0) is 45.5 Å². The summed E-state index contributed by atoms with van der Waals surface area (Å²) < 4.78 is 7.97. The summed E-state index contributed by atoms with van der Waals surface area (Å²) in [4.78, 5) is 4.53. The lowest BCUT2D eigenvalue weighted by molar-refractivity contribution is 0.287. The van der Waals surface area contributed by atoms with Crippen molar-refractivity contribution in [3.63, 3.8) is 0 Å². The van der Waals surface area contributed by atoms with Gasteiger partial charge in [-0.3, -0.25) is 9.67 Å². The first-order valence-electron chi connectivity index (χ1n) is 7.47. The number of nitrogens with zero attached hydrogens (tertiary/aromatic N) is 3. The molecule has 0 amide bonds. The number of hydrogen-bond acceptors (Lipinski definition) is 4. The Morgan fingerprint density at radius 2 is 2.10 bits per heavy atom. The van der Waals surface area contributed by atoms with Crippen molar-refractivity contribution in [2.75, 3.05) is 7.05 Å². The number of hydrogen-bond donors (Lipinski definition) is 1. The smallest absolute Gasteiger partial charge is 0.142 e. The minimum atomic E-state index is 0.516. The van der Waals surface area contributed by atoms with Crippen molar-refractivity contribution < 1.29 is 4.74 Å². The lowest BCUT2D eigenvalue weighted by Crippen LogP contribution is -2.11. The number of ether oxygens (including phenoxy) is 1. The lowest BCUT2D eigenvalue weighted by atomic mass is 10.2. The molecule has 0 aromatic carbocycles. The van der Waals surface area contributed by atoms with Crippen LogP contribution in [0.15, 0.2) is 18.2 Å². The Kier molecular flexibility index (Phi) is 5.33. The van der Waals surface area contributed by atoms with E-state index in [1.807, 2.05) is 30.8 Å². The number of aryl methyl sites for hydroxylation is 3. The Bertz CT molecular complexity index is 592. The van der Waals surface area contributed by atoms with Crippen molar-refractivity contribution in [3.8, 4) is 5.75 Å². The minimum absolute atomic E-state index is 0.516. The molecule has 0 saturated heterocycles. The summed E-state index contributed by atoms with van der Waals surface area (Å²) in [6.07, 6.45) is 0.942. The Hall–Kier alpha value is -1.88. The molecule has 0 spiro atoms. The summed E-state index contributed by atoms with van der Waals surface area (Å²) in [7, 11) is 1.91. The van der Waals surface area contributed by atoms with E-state index in [2.05, 4.69) is 35.3 Å². The molecule has 2 aromatic rings. The van der Waals surface area contributed by atoms with Gasteiger partial charge < -0.3 is 10.1 Å². The van der Waals surface area contributed by atoms with Crippen molar-refractivity contribution in [3.05, 3.63) is 41.0 Å². The molecular formula is C16H24N4O. The molecule has 0 fully saturated rings. The third-order valence-electron chi connectivity index (χ3n) is 3.37. The molecule has 0 atom stereocenters. The molecule has 2 aromatic heterocycles. The van der Waals surface area contributed by atoms with Crippen LogP contribution in [0.1, 0.15) is 36.6 Å². The van der Waals surface area contributed by atoms with Crippen LogP contribution in [0, 0.1) is 6.92 Å². The monoisotopic (exact) mass is 288 g/mol. The van der Waals surface area contributed by atoms with Crippen molar-refractivity contribution in [2.24, 2.45) is 0 Å². The highest BCUT2D eigenvalue weighted by Gasteiger charge is 2.09. The first-order chi connectivity index (χ1) is 10.2. The van der Waals surface area contributed by atoms with Gasteiger partial charge in [0.25, 0.3) is 0 Å². The largest absolute Gasteiger partial charge is 0.485 e. The second-order valence-corrected chi connectivity index (χ2v) is 5.01. The third-order valence-corrected chi connectivity index (χ3v) is 3.37. The molecule has 0 aliphatic rings. The number of aromatic nitrogens is 3. The second-order valence-electron chi connectivity index (χ2n) is 5.01. The predicted molar refractivity (Wildman–Crippen MR) is 83.3 cm³/mol. The fraction of sp³-hybridized carbons (Fsp3) is 0.500. The molecule has 1 N–H and O–H groups in total. The molecule has 0 aliphatic heterocycles. The van der Waals surface area contributed by atoms with Crippen LogP contribution in [0.4, 0.5) is 0 Å².